The van der Waals surface area contributed by atoms with Crippen LogP contribution in [0.1, 0.15) is 58.1 Å². The summed E-state index contributed by atoms with van der Waals surface area (Å²) in [7, 11) is 1.52. The minimum atomic E-state index is -0.780. The summed E-state index contributed by atoms with van der Waals surface area (Å²) in [5.74, 6) is -1.07. The van der Waals surface area contributed by atoms with Gasteiger partial charge in [0.1, 0.15) is 17.7 Å². The third-order valence-electron chi connectivity index (χ3n) is 6.19. The van der Waals surface area contributed by atoms with Crippen LogP contribution >= 0.6 is 12.1 Å². The van der Waals surface area contributed by atoms with Crippen LogP contribution in [0.15, 0.2) is 60.7 Å². The molecule has 0 aromatic heterocycles. The quantitative estimate of drug-likeness (QED) is 0.0876. The van der Waals surface area contributed by atoms with Crippen molar-refractivity contribution in [2.24, 2.45) is 5.73 Å². The Morgan fingerprint density at radius 1 is 0.886 bits per heavy atom. The average molecular weight is 630 g/mol. The highest BCUT2D eigenvalue weighted by atomic mass is 32.2. The van der Waals surface area contributed by atoms with E-state index in [1.54, 1.807) is 32.1 Å². The van der Waals surface area contributed by atoms with E-state index in [1.165, 1.54) is 7.05 Å². The van der Waals surface area contributed by atoms with Gasteiger partial charge in [-0.25, -0.2) is 9.52 Å². The molecule has 0 saturated carbocycles. The van der Waals surface area contributed by atoms with Crippen LogP contribution in [0.4, 0.5) is 4.79 Å². The van der Waals surface area contributed by atoms with Gasteiger partial charge in [0.25, 0.3) is 5.91 Å². The summed E-state index contributed by atoms with van der Waals surface area (Å²) < 4.78 is 10.0. The Bertz CT molecular complexity index is 1180. The van der Waals surface area contributed by atoms with E-state index >= 15 is 0 Å². The lowest BCUT2D eigenvalue weighted by molar-refractivity contribution is -0.129. The number of ether oxygens (including phenoxy) is 1. The first-order valence-corrected chi connectivity index (χ1v) is 15.5. The predicted octanol–water partition coefficient (Wildman–Crippen LogP) is 2.56. The minimum absolute atomic E-state index is 0.320. The standard InChI is InChI=1S/C31H47N7O5S/c1-22(32)27(39)36-38(21-24-16-10-7-11-17-24)44-37-26(20-23-14-8-6-9-15-23)29(41)35-25(28(40)33-5)18-12-13-19-34-30(42)43-31(2,3)4/h6-11,14-17,22,25-26,37H,12-13,18-21,32H2,1-5H3,(H,33,40)(H,34,42)(H,35,41)(H,36,39)/t22-,25-,26+/m0/s1. The van der Waals surface area contributed by atoms with Gasteiger partial charge in [-0.2, -0.15) is 0 Å². The summed E-state index contributed by atoms with van der Waals surface area (Å²) in [4.78, 5) is 50.7. The van der Waals surface area contributed by atoms with Crippen molar-refractivity contribution in [2.45, 2.75) is 83.6 Å². The third kappa shape index (κ3) is 14.7. The molecule has 0 radical (unpaired) electrons. The van der Waals surface area contributed by atoms with Gasteiger partial charge in [0.2, 0.25) is 11.8 Å². The van der Waals surface area contributed by atoms with E-state index in [2.05, 4.69) is 26.1 Å². The average Bonchev–Trinajstić information content (AvgIpc) is 2.97. The van der Waals surface area contributed by atoms with Crippen molar-refractivity contribution < 1.29 is 23.9 Å². The van der Waals surface area contributed by atoms with Gasteiger partial charge >= 0.3 is 6.09 Å². The van der Waals surface area contributed by atoms with Crippen molar-refractivity contribution in [3.63, 3.8) is 0 Å². The number of benzene rings is 2. The van der Waals surface area contributed by atoms with Gasteiger partial charge in [-0.15, -0.1) is 4.41 Å². The SMILES string of the molecule is CNC(=O)[C@H](CCCCNC(=O)OC(C)(C)C)NC(=O)[C@@H](Cc1ccccc1)NSN(Cc1ccccc1)NC(=O)[C@H](C)N. The van der Waals surface area contributed by atoms with Crippen LogP contribution in [0.3, 0.4) is 0 Å². The van der Waals surface area contributed by atoms with E-state index in [0.717, 1.165) is 23.3 Å². The molecule has 0 aliphatic rings. The van der Waals surface area contributed by atoms with Gasteiger partial charge in [-0.1, -0.05) is 60.7 Å². The van der Waals surface area contributed by atoms with Crippen molar-refractivity contribution in [3.8, 4) is 0 Å². The van der Waals surface area contributed by atoms with Crippen molar-refractivity contribution in [1.82, 2.24) is 30.5 Å². The van der Waals surface area contributed by atoms with E-state index in [-0.39, 0.29) is 17.7 Å². The van der Waals surface area contributed by atoms with Crippen LogP contribution in [-0.2, 0) is 32.1 Å². The Hall–Kier alpha value is -3.65. The molecule has 0 unspecified atom stereocenters. The number of nitrogens with two attached hydrogens (primary N) is 1. The van der Waals surface area contributed by atoms with Crippen molar-refractivity contribution in [3.05, 3.63) is 71.8 Å². The number of hydrogen-bond acceptors (Lipinski definition) is 9. The Kier molecular flexibility index (Phi) is 15.7. The second-order valence-corrected chi connectivity index (χ2v) is 12.2. The molecule has 242 valence electrons. The maximum absolute atomic E-state index is 13.6. The first-order chi connectivity index (χ1) is 20.9. The predicted molar refractivity (Wildman–Crippen MR) is 173 cm³/mol. The molecule has 0 saturated heterocycles. The Morgan fingerprint density at radius 3 is 2.07 bits per heavy atom. The molecule has 0 aliphatic heterocycles. The number of carbonyl (C=O) groups is 4. The van der Waals surface area contributed by atoms with Gasteiger partial charge in [0.15, 0.2) is 0 Å². The smallest absolute Gasteiger partial charge is 0.407 e. The Balaban J connectivity index is 2.09. The number of unbranched alkanes of at least 4 members (excludes halogenated alkanes) is 1. The third-order valence-corrected chi connectivity index (χ3v) is 7.02. The summed E-state index contributed by atoms with van der Waals surface area (Å²) in [6.07, 6.45) is 1.38. The van der Waals surface area contributed by atoms with Gasteiger partial charge in [-0.3, -0.25) is 19.8 Å². The van der Waals surface area contributed by atoms with Crippen LogP contribution in [-0.4, -0.2) is 65.5 Å². The maximum atomic E-state index is 13.6. The molecule has 4 amide bonds. The second-order valence-electron chi connectivity index (χ2n) is 11.3. The zero-order valence-corrected chi connectivity index (χ0v) is 27.0. The number of amides is 4. The highest BCUT2D eigenvalue weighted by Gasteiger charge is 2.27. The zero-order chi connectivity index (χ0) is 32.5. The van der Waals surface area contributed by atoms with Crippen molar-refractivity contribution in [1.29, 1.82) is 0 Å². The monoisotopic (exact) mass is 629 g/mol. The lowest BCUT2D eigenvalue weighted by atomic mass is 10.0. The Morgan fingerprint density at radius 2 is 1.50 bits per heavy atom. The Labute approximate surface area is 264 Å². The molecule has 0 bridgehead atoms. The van der Waals surface area contributed by atoms with E-state index in [4.69, 9.17) is 10.5 Å². The van der Waals surface area contributed by atoms with E-state index in [1.807, 2.05) is 60.7 Å². The summed E-state index contributed by atoms with van der Waals surface area (Å²) in [6.45, 7) is 7.68. The number of hydrazine groups is 1. The molecular weight excluding hydrogens is 582 g/mol. The summed E-state index contributed by atoms with van der Waals surface area (Å²) in [6, 6.07) is 16.8. The molecule has 12 nitrogen and oxygen atoms in total. The number of likely N-dealkylation sites (N-methyl/N-ethyl adjacent to an activating group) is 1. The topological polar surface area (TPSA) is 167 Å². The molecule has 44 heavy (non-hydrogen) atoms. The largest absolute Gasteiger partial charge is 0.444 e. The first kappa shape index (κ1) is 36.5. The summed E-state index contributed by atoms with van der Waals surface area (Å²) in [5.41, 5.74) is 9.84. The minimum Gasteiger partial charge on any atom is -0.444 e. The number of nitrogens with one attached hydrogen (secondary N) is 5. The fourth-order valence-electron chi connectivity index (χ4n) is 3.93. The fraction of sp³-hybridized carbons (Fsp3) is 0.484. The molecular formula is C31H47N7O5S. The van der Waals surface area contributed by atoms with Crippen molar-refractivity contribution in [2.75, 3.05) is 13.6 Å². The number of carbonyl (C=O) groups excluding carboxylic acids is 4. The van der Waals surface area contributed by atoms with Crippen molar-refractivity contribution >= 4 is 35.9 Å². The highest BCUT2D eigenvalue weighted by Crippen LogP contribution is 2.14. The molecule has 0 spiro atoms. The van der Waals surface area contributed by atoms with E-state index < -0.39 is 29.8 Å². The van der Waals surface area contributed by atoms with Crippen LogP contribution in [0.25, 0.3) is 0 Å². The number of rotatable bonds is 17. The molecule has 2 aromatic rings. The molecule has 7 N–H and O–H groups in total. The highest BCUT2D eigenvalue weighted by molar-refractivity contribution is 7.95. The van der Waals surface area contributed by atoms with E-state index in [0.29, 0.717) is 38.8 Å². The zero-order valence-electron chi connectivity index (χ0n) is 26.2. The second kappa shape index (κ2) is 18.9. The van der Waals surface area contributed by atoms with Gasteiger partial charge in [-0.05, 0) is 64.5 Å². The lowest BCUT2D eigenvalue weighted by Gasteiger charge is -2.27. The number of alkyl carbamates (subject to hydrolysis) is 1. The summed E-state index contributed by atoms with van der Waals surface area (Å²) >= 11 is 1.07. The fourth-order valence-corrected chi connectivity index (χ4v) is 4.72. The van der Waals surface area contributed by atoms with Gasteiger partial charge < -0.3 is 26.4 Å². The summed E-state index contributed by atoms with van der Waals surface area (Å²) in [5, 5.41) is 8.21. The van der Waals surface area contributed by atoms with Crippen LogP contribution in [0.2, 0.25) is 0 Å². The van der Waals surface area contributed by atoms with Gasteiger partial charge in [0.05, 0.1) is 12.6 Å². The molecule has 0 aliphatic carbocycles. The van der Waals surface area contributed by atoms with Crippen LogP contribution < -0.4 is 31.8 Å². The van der Waals surface area contributed by atoms with Crippen LogP contribution in [0, 0.1) is 0 Å². The molecule has 2 rings (SSSR count). The van der Waals surface area contributed by atoms with Gasteiger partial charge in [0, 0.05) is 25.7 Å². The normalized spacial score (nSPS) is 13.3. The molecule has 2 aromatic carbocycles. The molecule has 3 atom stereocenters. The molecule has 13 heteroatoms. The van der Waals surface area contributed by atoms with E-state index in [9.17, 15) is 19.2 Å². The first-order valence-electron chi connectivity index (χ1n) is 14.7. The maximum Gasteiger partial charge on any atom is 0.407 e. The van der Waals surface area contributed by atoms with Crippen LogP contribution in [0.5, 0.6) is 0 Å². The molecule has 0 heterocycles. The number of nitrogens with zero attached hydrogens (tertiary/aromatic N) is 1. The number of hydrogen-bond donors (Lipinski definition) is 6. The molecule has 0 fully saturated rings. The lowest BCUT2D eigenvalue weighted by Crippen LogP contribution is -2.53.